The first-order valence-electron chi connectivity index (χ1n) is 9.24. The average Bonchev–Trinajstić information content (AvgIpc) is 2.68. The van der Waals surface area contributed by atoms with Crippen LogP contribution >= 0.6 is 0 Å². The first-order chi connectivity index (χ1) is 12.4. The fraction of sp³-hybridized carbons (Fsp3) is 0.429. The van der Waals surface area contributed by atoms with Crippen LogP contribution in [0, 0.1) is 0 Å². The standard InChI is InChI=1S/C21H26N2O2/c1-2-4-18(5-3-1)8-9-22-10-12-23(13-11-22)17-19-6-7-20-21(16-19)25-15-14-24-20/h1-7,16H,8-15,17H2. The van der Waals surface area contributed by atoms with Gasteiger partial charge in [-0.25, -0.2) is 0 Å². The Morgan fingerprint density at radius 3 is 2.24 bits per heavy atom. The molecule has 2 aliphatic rings. The van der Waals surface area contributed by atoms with Gasteiger partial charge in [0.1, 0.15) is 13.2 Å². The summed E-state index contributed by atoms with van der Waals surface area (Å²) in [6, 6.07) is 17.1. The lowest BCUT2D eigenvalue weighted by Crippen LogP contribution is -2.46. The highest BCUT2D eigenvalue weighted by Crippen LogP contribution is 2.31. The molecule has 2 heterocycles. The summed E-state index contributed by atoms with van der Waals surface area (Å²) in [5.41, 5.74) is 2.74. The minimum atomic E-state index is 0.649. The van der Waals surface area contributed by atoms with Gasteiger partial charge in [-0.15, -0.1) is 0 Å². The zero-order valence-corrected chi connectivity index (χ0v) is 14.7. The third-order valence-electron chi connectivity index (χ3n) is 5.04. The molecule has 0 saturated carbocycles. The highest BCUT2D eigenvalue weighted by Gasteiger charge is 2.18. The molecule has 1 fully saturated rings. The molecule has 0 spiro atoms. The number of nitrogens with zero attached hydrogens (tertiary/aromatic N) is 2. The van der Waals surface area contributed by atoms with E-state index in [1.165, 1.54) is 11.1 Å². The van der Waals surface area contributed by atoms with Crippen molar-refractivity contribution in [1.29, 1.82) is 0 Å². The van der Waals surface area contributed by atoms with Crippen molar-refractivity contribution in [2.45, 2.75) is 13.0 Å². The van der Waals surface area contributed by atoms with Crippen molar-refractivity contribution in [3.8, 4) is 11.5 Å². The fourth-order valence-electron chi connectivity index (χ4n) is 3.55. The van der Waals surface area contributed by atoms with Crippen LogP contribution in [-0.2, 0) is 13.0 Å². The number of rotatable bonds is 5. The van der Waals surface area contributed by atoms with E-state index in [9.17, 15) is 0 Å². The van der Waals surface area contributed by atoms with Crippen LogP contribution in [0.25, 0.3) is 0 Å². The average molecular weight is 338 g/mol. The van der Waals surface area contributed by atoms with Crippen LogP contribution in [0.15, 0.2) is 48.5 Å². The van der Waals surface area contributed by atoms with Gasteiger partial charge >= 0.3 is 0 Å². The van der Waals surface area contributed by atoms with Gasteiger partial charge in [0.15, 0.2) is 11.5 Å². The number of hydrogen-bond acceptors (Lipinski definition) is 4. The Morgan fingerprint density at radius 2 is 1.44 bits per heavy atom. The second kappa shape index (κ2) is 7.89. The van der Waals surface area contributed by atoms with E-state index in [0.29, 0.717) is 13.2 Å². The Kier molecular flexibility index (Phi) is 5.19. The molecular weight excluding hydrogens is 312 g/mol. The zero-order valence-electron chi connectivity index (χ0n) is 14.7. The molecule has 25 heavy (non-hydrogen) atoms. The summed E-state index contributed by atoms with van der Waals surface area (Å²) in [6.45, 7) is 8.00. The van der Waals surface area contributed by atoms with Crippen LogP contribution in [0.5, 0.6) is 11.5 Å². The monoisotopic (exact) mass is 338 g/mol. The lowest BCUT2D eigenvalue weighted by molar-refractivity contribution is 0.127. The second-order valence-corrected chi connectivity index (χ2v) is 6.83. The van der Waals surface area contributed by atoms with E-state index >= 15 is 0 Å². The topological polar surface area (TPSA) is 24.9 Å². The van der Waals surface area contributed by atoms with E-state index in [0.717, 1.165) is 57.2 Å². The lowest BCUT2D eigenvalue weighted by Gasteiger charge is -2.34. The molecule has 0 atom stereocenters. The van der Waals surface area contributed by atoms with E-state index in [-0.39, 0.29) is 0 Å². The van der Waals surface area contributed by atoms with E-state index in [4.69, 9.17) is 9.47 Å². The normalized spacial score (nSPS) is 18.2. The van der Waals surface area contributed by atoms with Gasteiger partial charge in [-0.2, -0.15) is 0 Å². The van der Waals surface area contributed by atoms with E-state index in [2.05, 4.69) is 52.3 Å². The number of fused-ring (bicyclic) bond motifs is 1. The molecule has 0 radical (unpaired) electrons. The molecule has 0 unspecified atom stereocenters. The summed E-state index contributed by atoms with van der Waals surface area (Å²) in [5.74, 6) is 1.77. The Labute approximate surface area is 150 Å². The molecule has 132 valence electrons. The van der Waals surface area contributed by atoms with Gasteiger partial charge in [0.2, 0.25) is 0 Å². The maximum Gasteiger partial charge on any atom is 0.161 e. The maximum atomic E-state index is 5.69. The van der Waals surface area contributed by atoms with E-state index in [1.807, 2.05) is 6.07 Å². The van der Waals surface area contributed by atoms with Gasteiger partial charge in [-0.3, -0.25) is 4.90 Å². The summed E-state index contributed by atoms with van der Waals surface area (Å²) in [7, 11) is 0. The van der Waals surface area contributed by atoms with Crippen molar-refractivity contribution in [1.82, 2.24) is 9.80 Å². The second-order valence-electron chi connectivity index (χ2n) is 6.83. The van der Waals surface area contributed by atoms with Crippen LogP contribution in [0.4, 0.5) is 0 Å². The van der Waals surface area contributed by atoms with Gasteiger partial charge in [0, 0.05) is 39.3 Å². The molecule has 0 amide bonds. The first-order valence-corrected chi connectivity index (χ1v) is 9.24. The number of benzene rings is 2. The van der Waals surface area contributed by atoms with Crippen molar-refractivity contribution in [3.63, 3.8) is 0 Å². The molecule has 2 aromatic carbocycles. The van der Waals surface area contributed by atoms with Crippen molar-refractivity contribution in [2.24, 2.45) is 0 Å². The largest absolute Gasteiger partial charge is 0.486 e. The highest BCUT2D eigenvalue weighted by molar-refractivity contribution is 5.43. The SMILES string of the molecule is c1ccc(CCN2CCN(Cc3ccc4c(c3)OCCO4)CC2)cc1. The number of ether oxygens (including phenoxy) is 2. The highest BCUT2D eigenvalue weighted by atomic mass is 16.6. The maximum absolute atomic E-state index is 5.69. The van der Waals surface area contributed by atoms with Crippen LogP contribution in [0.3, 0.4) is 0 Å². The molecule has 0 aromatic heterocycles. The Hall–Kier alpha value is -2.04. The molecule has 0 aliphatic carbocycles. The smallest absolute Gasteiger partial charge is 0.161 e. The van der Waals surface area contributed by atoms with Gasteiger partial charge in [0.05, 0.1) is 0 Å². The van der Waals surface area contributed by atoms with Gasteiger partial charge in [0.25, 0.3) is 0 Å². The van der Waals surface area contributed by atoms with Crippen LogP contribution in [0.1, 0.15) is 11.1 Å². The quantitative estimate of drug-likeness (QED) is 0.837. The van der Waals surface area contributed by atoms with Gasteiger partial charge in [-0.05, 0) is 29.7 Å². The van der Waals surface area contributed by atoms with Gasteiger partial charge < -0.3 is 14.4 Å². The summed E-state index contributed by atoms with van der Waals surface area (Å²) >= 11 is 0. The van der Waals surface area contributed by atoms with E-state index < -0.39 is 0 Å². The molecule has 2 aromatic rings. The number of hydrogen-bond donors (Lipinski definition) is 0. The Morgan fingerprint density at radius 1 is 0.720 bits per heavy atom. The molecule has 4 heteroatoms. The van der Waals surface area contributed by atoms with Gasteiger partial charge in [-0.1, -0.05) is 36.4 Å². The van der Waals surface area contributed by atoms with Crippen molar-refractivity contribution in [2.75, 3.05) is 45.9 Å². The van der Waals surface area contributed by atoms with Crippen molar-refractivity contribution < 1.29 is 9.47 Å². The zero-order chi connectivity index (χ0) is 16.9. The summed E-state index contributed by atoms with van der Waals surface area (Å²) in [4.78, 5) is 5.11. The molecular formula is C21H26N2O2. The van der Waals surface area contributed by atoms with Crippen LogP contribution in [-0.4, -0.2) is 55.7 Å². The predicted molar refractivity (Wildman–Crippen MR) is 99.3 cm³/mol. The molecule has 1 saturated heterocycles. The first kappa shape index (κ1) is 16.4. The summed E-state index contributed by atoms with van der Waals surface area (Å²) < 4.78 is 11.3. The van der Waals surface area contributed by atoms with E-state index in [1.54, 1.807) is 0 Å². The Bertz CT molecular complexity index is 682. The summed E-state index contributed by atoms with van der Waals surface area (Å²) in [5, 5.41) is 0. The molecule has 4 rings (SSSR count). The third-order valence-corrected chi connectivity index (χ3v) is 5.04. The minimum absolute atomic E-state index is 0.649. The lowest BCUT2D eigenvalue weighted by atomic mass is 10.1. The molecule has 2 aliphatic heterocycles. The molecule has 0 N–H and O–H groups in total. The summed E-state index contributed by atoms with van der Waals surface area (Å²) in [6.07, 6.45) is 1.14. The predicted octanol–water partition coefficient (Wildman–Crippen LogP) is 2.82. The molecule has 4 nitrogen and oxygen atoms in total. The fourth-order valence-corrected chi connectivity index (χ4v) is 3.55. The van der Waals surface area contributed by atoms with Crippen LogP contribution < -0.4 is 9.47 Å². The Balaban J connectivity index is 1.25. The van der Waals surface area contributed by atoms with Crippen LogP contribution in [0.2, 0.25) is 0 Å². The molecule has 0 bridgehead atoms. The van der Waals surface area contributed by atoms with Crippen molar-refractivity contribution in [3.05, 3.63) is 59.7 Å². The van der Waals surface area contributed by atoms with Crippen molar-refractivity contribution >= 4 is 0 Å². The third kappa shape index (κ3) is 4.33. The number of piperazine rings is 1. The minimum Gasteiger partial charge on any atom is -0.486 e.